The number of Topliss-reactive ketones (excluding diaryl/α,β-unsaturated/α-hetero) is 1. The van der Waals surface area contributed by atoms with Gasteiger partial charge in [-0.15, -0.1) is 0 Å². The first-order valence-electron chi connectivity index (χ1n) is 7.46. The summed E-state index contributed by atoms with van der Waals surface area (Å²) >= 11 is 0. The molecule has 0 spiro atoms. The van der Waals surface area contributed by atoms with Gasteiger partial charge in [0, 0.05) is 18.0 Å². The van der Waals surface area contributed by atoms with Gasteiger partial charge in [-0.2, -0.15) is 4.98 Å². The zero-order valence-corrected chi connectivity index (χ0v) is 13.0. The maximum atomic E-state index is 14.2. The molecule has 3 rings (SSSR count). The van der Waals surface area contributed by atoms with Gasteiger partial charge in [0.2, 0.25) is 0 Å². The number of ketones is 1. The van der Waals surface area contributed by atoms with Crippen LogP contribution in [0.15, 0.2) is 46.9 Å². The highest BCUT2D eigenvalue weighted by atomic mass is 19.1. The van der Waals surface area contributed by atoms with E-state index in [4.69, 9.17) is 4.42 Å². The smallest absolute Gasteiger partial charge is 0.300 e. The summed E-state index contributed by atoms with van der Waals surface area (Å²) in [7, 11) is 0. The van der Waals surface area contributed by atoms with Gasteiger partial charge in [0.15, 0.2) is 11.4 Å². The first kappa shape index (κ1) is 15.2. The maximum absolute atomic E-state index is 14.2. The van der Waals surface area contributed by atoms with E-state index in [1.54, 1.807) is 6.07 Å². The van der Waals surface area contributed by atoms with E-state index in [2.05, 4.69) is 10.3 Å². The van der Waals surface area contributed by atoms with Gasteiger partial charge < -0.3 is 9.73 Å². The van der Waals surface area contributed by atoms with E-state index in [0.29, 0.717) is 11.1 Å². The number of aromatic nitrogens is 1. The number of nitrogens with one attached hydrogen (secondary N) is 1. The first-order valence-corrected chi connectivity index (χ1v) is 7.46. The Morgan fingerprint density at radius 1 is 1.26 bits per heavy atom. The van der Waals surface area contributed by atoms with Crippen LogP contribution in [0.25, 0.3) is 11.1 Å². The molecule has 0 radical (unpaired) electrons. The summed E-state index contributed by atoms with van der Waals surface area (Å²) in [5, 5.41) is 2.99. The second kappa shape index (κ2) is 6.20. The first-order chi connectivity index (χ1) is 11.0. The molecule has 0 aliphatic heterocycles. The van der Waals surface area contributed by atoms with Crippen molar-refractivity contribution in [2.24, 2.45) is 5.92 Å². The lowest BCUT2D eigenvalue weighted by Gasteiger charge is -2.04. The molecule has 0 fully saturated rings. The van der Waals surface area contributed by atoms with Crippen LogP contribution < -0.4 is 5.32 Å². The predicted octanol–water partition coefficient (Wildman–Crippen LogP) is 4.48. The van der Waals surface area contributed by atoms with Gasteiger partial charge in [-0.1, -0.05) is 32.0 Å². The number of halogens is 1. The molecule has 0 aliphatic carbocycles. The molecule has 1 heterocycles. The Morgan fingerprint density at radius 3 is 2.70 bits per heavy atom. The Kier molecular flexibility index (Phi) is 4.10. The van der Waals surface area contributed by atoms with Crippen LogP contribution in [0.4, 0.5) is 16.1 Å². The summed E-state index contributed by atoms with van der Waals surface area (Å²) in [4.78, 5) is 16.0. The molecule has 4 nitrogen and oxygen atoms in total. The number of oxazole rings is 1. The molecular formula is C18H17FN2O2. The minimum absolute atomic E-state index is 0.0610. The highest BCUT2D eigenvalue weighted by molar-refractivity contribution is 5.84. The summed E-state index contributed by atoms with van der Waals surface area (Å²) in [5.74, 6) is -0.511. The Morgan fingerprint density at radius 2 is 2.00 bits per heavy atom. The zero-order valence-electron chi connectivity index (χ0n) is 13.0. The van der Waals surface area contributed by atoms with E-state index < -0.39 is 5.82 Å². The molecule has 1 N–H and O–H groups in total. The highest BCUT2D eigenvalue weighted by Crippen LogP contribution is 2.26. The van der Waals surface area contributed by atoms with Gasteiger partial charge in [0.1, 0.15) is 11.3 Å². The third kappa shape index (κ3) is 3.39. The molecule has 0 aliphatic rings. The van der Waals surface area contributed by atoms with Crippen LogP contribution in [0.2, 0.25) is 0 Å². The summed E-state index contributed by atoms with van der Waals surface area (Å²) in [6.45, 7) is 3.65. The van der Waals surface area contributed by atoms with Crippen molar-refractivity contribution in [2.45, 2.75) is 20.3 Å². The van der Waals surface area contributed by atoms with Crippen molar-refractivity contribution in [3.63, 3.8) is 0 Å². The summed E-state index contributed by atoms with van der Waals surface area (Å²) in [6.07, 6.45) is 0.187. The van der Waals surface area contributed by atoms with Gasteiger partial charge in [0.05, 0.1) is 0 Å². The molecule has 5 heteroatoms. The SMILES string of the molecule is CC(C)C(=O)Cc1cc(F)c2nc(Nc3ccccc3)oc2c1. The van der Waals surface area contributed by atoms with Crippen molar-refractivity contribution in [3.05, 3.63) is 53.8 Å². The van der Waals surface area contributed by atoms with Gasteiger partial charge >= 0.3 is 0 Å². The Balaban J connectivity index is 1.90. The monoisotopic (exact) mass is 312 g/mol. The molecule has 118 valence electrons. The van der Waals surface area contributed by atoms with Crippen LogP contribution in [0.3, 0.4) is 0 Å². The van der Waals surface area contributed by atoms with Gasteiger partial charge in [-0.05, 0) is 29.8 Å². The third-order valence-electron chi connectivity index (χ3n) is 3.56. The molecule has 0 saturated heterocycles. The van der Waals surface area contributed by atoms with Crippen molar-refractivity contribution >= 4 is 28.6 Å². The van der Waals surface area contributed by atoms with E-state index in [1.165, 1.54) is 6.07 Å². The Hall–Kier alpha value is -2.69. The lowest BCUT2D eigenvalue weighted by Crippen LogP contribution is -2.10. The largest absolute Gasteiger partial charge is 0.423 e. The lowest BCUT2D eigenvalue weighted by molar-refractivity contribution is -0.121. The van der Waals surface area contributed by atoms with Crippen molar-refractivity contribution in [3.8, 4) is 0 Å². The van der Waals surface area contributed by atoms with E-state index in [-0.39, 0.29) is 29.7 Å². The second-order valence-electron chi connectivity index (χ2n) is 5.73. The van der Waals surface area contributed by atoms with Crippen molar-refractivity contribution in [1.29, 1.82) is 0 Å². The minimum atomic E-state index is -0.487. The fourth-order valence-corrected chi connectivity index (χ4v) is 2.25. The average molecular weight is 312 g/mol. The zero-order chi connectivity index (χ0) is 16.4. The predicted molar refractivity (Wildman–Crippen MR) is 87.2 cm³/mol. The Labute approximate surface area is 133 Å². The number of fused-ring (bicyclic) bond motifs is 1. The number of nitrogens with zero attached hydrogens (tertiary/aromatic N) is 1. The van der Waals surface area contributed by atoms with Crippen LogP contribution >= 0.6 is 0 Å². The quantitative estimate of drug-likeness (QED) is 0.755. The van der Waals surface area contributed by atoms with E-state index in [0.717, 1.165) is 5.69 Å². The molecule has 2 aromatic carbocycles. The van der Waals surface area contributed by atoms with E-state index in [1.807, 2.05) is 44.2 Å². The standard InChI is InChI=1S/C18H17FN2O2/c1-11(2)15(22)9-12-8-14(19)17-16(10-12)23-18(21-17)20-13-6-4-3-5-7-13/h3-8,10-11H,9H2,1-2H3,(H,20,21). The van der Waals surface area contributed by atoms with Crippen LogP contribution in [0, 0.1) is 11.7 Å². The summed E-state index contributed by atoms with van der Waals surface area (Å²) in [6, 6.07) is 12.6. The number of hydrogen-bond acceptors (Lipinski definition) is 4. The van der Waals surface area contributed by atoms with Gasteiger partial charge in [-0.25, -0.2) is 4.39 Å². The highest BCUT2D eigenvalue weighted by Gasteiger charge is 2.15. The lowest BCUT2D eigenvalue weighted by atomic mass is 10.0. The second-order valence-corrected chi connectivity index (χ2v) is 5.73. The fraction of sp³-hybridized carbons (Fsp3) is 0.222. The topological polar surface area (TPSA) is 55.1 Å². The number of anilines is 2. The van der Waals surface area contributed by atoms with Crippen LogP contribution in [-0.4, -0.2) is 10.8 Å². The van der Waals surface area contributed by atoms with Gasteiger partial charge in [-0.3, -0.25) is 4.79 Å². The molecule has 1 aromatic heterocycles. The number of carbonyl (C=O) groups is 1. The van der Waals surface area contributed by atoms with E-state index >= 15 is 0 Å². The molecule has 3 aromatic rings. The number of benzene rings is 2. The molecule has 0 amide bonds. The molecule has 23 heavy (non-hydrogen) atoms. The number of para-hydroxylation sites is 1. The normalized spacial score (nSPS) is 11.1. The molecular weight excluding hydrogens is 295 g/mol. The molecule has 0 saturated carbocycles. The number of rotatable bonds is 5. The van der Waals surface area contributed by atoms with E-state index in [9.17, 15) is 9.18 Å². The molecule has 0 bridgehead atoms. The van der Waals surface area contributed by atoms with Gasteiger partial charge in [0.25, 0.3) is 6.01 Å². The van der Waals surface area contributed by atoms with Crippen molar-refractivity contribution in [2.75, 3.05) is 5.32 Å². The third-order valence-corrected chi connectivity index (χ3v) is 3.56. The summed E-state index contributed by atoms with van der Waals surface area (Å²) < 4.78 is 19.8. The molecule has 0 atom stereocenters. The average Bonchev–Trinajstić information content (AvgIpc) is 2.91. The van der Waals surface area contributed by atoms with Crippen LogP contribution in [0.1, 0.15) is 19.4 Å². The fourth-order valence-electron chi connectivity index (χ4n) is 2.25. The Bertz CT molecular complexity index is 841. The molecule has 0 unspecified atom stereocenters. The summed E-state index contributed by atoms with van der Waals surface area (Å²) in [5.41, 5.74) is 1.88. The van der Waals surface area contributed by atoms with Crippen molar-refractivity contribution < 1.29 is 13.6 Å². The van der Waals surface area contributed by atoms with Crippen LogP contribution in [0.5, 0.6) is 0 Å². The maximum Gasteiger partial charge on any atom is 0.300 e. The van der Waals surface area contributed by atoms with Crippen LogP contribution in [-0.2, 0) is 11.2 Å². The number of carbonyl (C=O) groups excluding carboxylic acids is 1. The minimum Gasteiger partial charge on any atom is -0.423 e. The van der Waals surface area contributed by atoms with Crippen molar-refractivity contribution in [1.82, 2.24) is 4.98 Å². The number of hydrogen-bond donors (Lipinski definition) is 1.